The van der Waals surface area contributed by atoms with Crippen LogP contribution in [0.3, 0.4) is 0 Å². The van der Waals surface area contributed by atoms with Crippen LogP contribution in [-0.2, 0) is 19.5 Å². The van der Waals surface area contributed by atoms with E-state index < -0.39 is 6.23 Å². The first-order valence-corrected chi connectivity index (χ1v) is 11.1. The SMILES string of the molecule is CCc1cc(-c2cc3cc(CN4CCCCC4)ccc3[nH]2)c2c(c1Cl)CNC2O. The van der Waals surface area contributed by atoms with Gasteiger partial charge in [-0.2, -0.15) is 0 Å². The zero-order valence-electron chi connectivity index (χ0n) is 16.9. The van der Waals surface area contributed by atoms with Crippen LogP contribution in [-0.4, -0.2) is 28.1 Å². The molecule has 1 unspecified atom stereocenters. The molecule has 0 radical (unpaired) electrons. The molecule has 3 N–H and O–H groups in total. The lowest BCUT2D eigenvalue weighted by atomic mass is 9.95. The van der Waals surface area contributed by atoms with Crippen molar-refractivity contribution in [2.45, 2.75) is 51.9 Å². The Kier molecular flexibility index (Phi) is 5.12. The predicted molar refractivity (Wildman–Crippen MR) is 119 cm³/mol. The van der Waals surface area contributed by atoms with Crippen molar-refractivity contribution in [2.24, 2.45) is 0 Å². The minimum atomic E-state index is -0.676. The van der Waals surface area contributed by atoms with E-state index in [9.17, 15) is 5.11 Å². The number of rotatable bonds is 4. The van der Waals surface area contributed by atoms with Gasteiger partial charge in [-0.3, -0.25) is 10.2 Å². The minimum absolute atomic E-state index is 0.608. The lowest BCUT2D eigenvalue weighted by molar-refractivity contribution is 0.152. The summed E-state index contributed by atoms with van der Waals surface area (Å²) in [5.41, 5.74) is 7.64. The van der Waals surface area contributed by atoms with Gasteiger partial charge in [0.1, 0.15) is 6.23 Å². The highest BCUT2D eigenvalue weighted by molar-refractivity contribution is 6.32. The quantitative estimate of drug-likeness (QED) is 0.559. The van der Waals surface area contributed by atoms with Crippen LogP contribution in [0.2, 0.25) is 5.02 Å². The molecule has 152 valence electrons. The molecule has 1 fully saturated rings. The number of aliphatic hydroxyl groups is 1. The van der Waals surface area contributed by atoms with Crippen molar-refractivity contribution in [2.75, 3.05) is 13.1 Å². The second kappa shape index (κ2) is 7.77. The Bertz CT molecular complexity index is 1050. The van der Waals surface area contributed by atoms with Crippen LogP contribution in [0, 0.1) is 0 Å². The molecule has 0 aliphatic carbocycles. The van der Waals surface area contributed by atoms with E-state index >= 15 is 0 Å². The van der Waals surface area contributed by atoms with Gasteiger partial charge in [0, 0.05) is 45.8 Å². The topological polar surface area (TPSA) is 51.3 Å². The van der Waals surface area contributed by atoms with Crippen molar-refractivity contribution in [3.8, 4) is 11.3 Å². The molecule has 2 aliphatic heterocycles. The summed E-state index contributed by atoms with van der Waals surface area (Å²) in [5, 5.41) is 15.7. The van der Waals surface area contributed by atoms with Gasteiger partial charge in [0.2, 0.25) is 0 Å². The van der Waals surface area contributed by atoms with Crippen LogP contribution in [0.4, 0.5) is 0 Å². The number of hydrogen-bond donors (Lipinski definition) is 3. The van der Waals surface area contributed by atoms with Gasteiger partial charge < -0.3 is 10.1 Å². The van der Waals surface area contributed by atoms with Crippen molar-refractivity contribution < 1.29 is 5.11 Å². The van der Waals surface area contributed by atoms with E-state index in [-0.39, 0.29) is 0 Å². The number of aliphatic hydroxyl groups excluding tert-OH is 1. The first-order chi connectivity index (χ1) is 14.1. The predicted octanol–water partition coefficient (Wildman–Crippen LogP) is 5.13. The molecule has 3 heterocycles. The number of halogens is 1. The second-order valence-electron chi connectivity index (χ2n) is 8.37. The Balaban J connectivity index is 1.53. The maximum atomic E-state index is 10.5. The summed E-state index contributed by atoms with van der Waals surface area (Å²) in [6.07, 6.45) is 4.19. The van der Waals surface area contributed by atoms with Gasteiger partial charge in [0.25, 0.3) is 0 Å². The molecule has 5 heteroatoms. The largest absolute Gasteiger partial charge is 0.374 e. The number of fused-ring (bicyclic) bond motifs is 2. The molecular formula is C24H28ClN3O. The molecule has 1 aromatic heterocycles. The number of nitrogens with one attached hydrogen (secondary N) is 2. The summed E-state index contributed by atoms with van der Waals surface area (Å²) < 4.78 is 0. The first-order valence-electron chi connectivity index (χ1n) is 10.7. The van der Waals surface area contributed by atoms with E-state index in [1.807, 2.05) is 0 Å². The summed E-state index contributed by atoms with van der Waals surface area (Å²) in [4.78, 5) is 6.12. The van der Waals surface area contributed by atoms with Crippen molar-refractivity contribution >= 4 is 22.5 Å². The molecule has 29 heavy (non-hydrogen) atoms. The van der Waals surface area contributed by atoms with Crippen molar-refractivity contribution in [3.05, 3.63) is 57.6 Å². The Morgan fingerprint density at radius 3 is 2.76 bits per heavy atom. The minimum Gasteiger partial charge on any atom is -0.374 e. The van der Waals surface area contributed by atoms with Gasteiger partial charge in [0.15, 0.2) is 0 Å². The van der Waals surface area contributed by atoms with Crippen LogP contribution < -0.4 is 5.32 Å². The summed E-state index contributed by atoms with van der Waals surface area (Å²) >= 11 is 6.61. The van der Waals surface area contributed by atoms with E-state index in [0.29, 0.717) is 6.54 Å². The smallest absolute Gasteiger partial charge is 0.132 e. The lowest BCUT2D eigenvalue weighted by Crippen LogP contribution is -2.28. The number of likely N-dealkylation sites (tertiary alicyclic amines) is 1. The van der Waals surface area contributed by atoms with Crippen molar-refractivity contribution in [1.82, 2.24) is 15.2 Å². The normalized spacial score (nSPS) is 19.8. The highest BCUT2D eigenvalue weighted by Gasteiger charge is 2.28. The standard InChI is InChI=1S/C24H28ClN3O/c1-2-16-11-18(22-19(23(16)25)13-26-24(22)29)21-12-17-10-15(6-7-20(17)27-21)14-28-8-4-3-5-9-28/h6-7,10-12,24,26-27,29H,2-5,8-9,13-14H2,1H3. The third-order valence-electron chi connectivity index (χ3n) is 6.44. The molecule has 0 amide bonds. The average Bonchev–Trinajstić information content (AvgIpc) is 3.33. The van der Waals surface area contributed by atoms with Crippen LogP contribution in [0.15, 0.2) is 30.3 Å². The zero-order valence-corrected chi connectivity index (χ0v) is 17.6. The third-order valence-corrected chi connectivity index (χ3v) is 6.91. The highest BCUT2D eigenvalue weighted by atomic mass is 35.5. The lowest BCUT2D eigenvalue weighted by Gasteiger charge is -2.26. The molecule has 0 bridgehead atoms. The van der Waals surface area contributed by atoms with E-state index in [0.717, 1.165) is 51.5 Å². The fraction of sp³-hybridized carbons (Fsp3) is 0.417. The third kappa shape index (κ3) is 3.49. The maximum absolute atomic E-state index is 10.5. The first kappa shape index (κ1) is 19.1. The van der Waals surface area contributed by atoms with E-state index in [2.05, 4.69) is 52.5 Å². The van der Waals surface area contributed by atoms with E-state index in [1.165, 1.54) is 43.3 Å². The van der Waals surface area contributed by atoms with Crippen LogP contribution >= 0.6 is 11.6 Å². The van der Waals surface area contributed by atoms with E-state index in [1.54, 1.807) is 0 Å². The molecule has 3 aromatic rings. The number of aromatic nitrogens is 1. The van der Waals surface area contributed by atoms with Gasteiger partial charge in [-0.25, -0.2) is 0 Å². The molecule has 0 saturated carbocycles. The van der Waals surface area contributed by atoms with Crippen molar-refractivity contribution in [3.63, 3.8) is 0 Å². The Labute approximate surface area is 176 Å². The molecule has 2 aliphatic rings. The van der Waals surface area contributed by atoms with Gasteiger partial charge in [-0.05, 0) is 73.3 Å². The molecule has 1 saturated heterocycles. The average molecular weight is 410 g/mol. The summed E-state index contributed by atoms with van der Waals surface area (Å²) in [6.45, 7) is 6.16. The van der Waals surface area contributed by atoms with E-state index in [4.69, 9.17) is 11.6 Å². The molecule has 5 rings (SSSR count). The fourth-order valence-electron chi connectivity index (χ4n) is 4.86. The monoisotopic (exact) mass is 409 g/mol. The highest BCUT2D eigenvalue weighted by Crippen LogP contribution is 2.40. The van der Waals surface area contributed by atoms with Gasteiger partial charge >= 0.3 is 0 Å². The maximum Gasteiger partial charge on any atom is 0.132 e. The molecule has 4 nitrogen and oxygen atoms in total. The number of nitrogens with zero attached hydrogens (tertiary/aromatic N) is 1. The Morgan fingerprint density at radius 1 is 1.14 bits per heavy atom. The number of benzene rings is 2. The molecule has 0 spiro atoms. The zero-order chi connectivity index (χ0) is 20.0. The molecule has 1 atom stereocenters. The number of aromatic amines is 1. The van der Waals surface area contributed by atoms with Gasteiger partial charge in [-0.15, -0.1) is 0 Å². The van der Waals surface area contributed by atoms with Gasteiger partial charge in [0.05, 0.1) is 0 Å². The number of H-pyrrole nitrogens is 1. The Hall–Kier alpha value is -1.85. The number of aryl methyl sites for hydroxylation is 1. The summed E-state index contributed by atoms with van der Waals surface area (Å²) in [6, 6.07) is 11.1. The molecular weight excluding hydrogens is 382 g/mol. The summed E-state index contributed by atoms with van der Waals surface area (Å²) in [5.74, 6) is 0. The Morgan fingerprint density at radius 2 is 1.97 bits per heavy atom. The summed E-state index contributed by atoms with van der Waals surface area (Å²) in [7, 11) is 0. The molecule has 2 aromatic carbocycles. The van der Waals surface area contributed by atoms with Crippen molar-refractivity contribution in [1.29, 1.82) is 0 Å². The van der Waals surface area contributed by atoms with Gasteiger partial charge in [-0.1, -0.05) is 31.0 Å². The van der Waals surface area contributed by atoms with Crippen LogP contribution in [0.25, 0.3) is 22.2 Å². The van der Waals surface area contributed by atoms with Crippen LogP contribution in [0.1, 0.15) is 54.7 Å². The second-order valence-corrected chi connectivity index (χ2v) is 8.75. The number of hydrogen-bond acceptors (Lipinski definition) is 3. The van der Waals surface area contributed by atoms with Crippen LogP contribution in [0.5, 0.6) is 0 Å². The number of piperidine rings is 1. The fourth-order valence-corrected chi connectivity index (χ4v) is 5.21.